The molecule has 30 heavy (non-hydrogen) atoms. The molecule has 152 valence electrons. The number of hydrogen-bond donors (Lipinski definition) is 0. The summed E-state index contributed by atoms with van der Waals surface area (Å²) < 4.78 is 7.03. The molecule has 0 bridgehead atoms. The van der Waals surface area contributed by atoms with E-state index in [1.54, 1.807) is 35.1 Å². The number of nitrogens with zero attached hydrogens (tertiary/aromatic N) is 2. The summed E-state index contributed by atoms with van der Waals surface area (Å²) in [5.41, 5.74) is 1.14. The SMILES string of the molecule is O=C(CCCSc1nc2cc(Cl)ccc2c(=O)n1Cc1ccco1)c1ccccc1. The van der Waals surface area contributed by atoms with Crippen molar-refractivity contribution in [1.82, 2.24) is 9.55 Å². The number of carbonyl (C=O) groups excluding carboxylic acids is 1. The first-order chi connectivity index (χ1) is 14.6. The van der Waals surface area contributed by atoms with Gasteiger partial charge in [0.1, 0.15) is 5.76 Å². The van der Waals surface area contributed by atoms with Crippen molar-refractivity contribution in [3.8, 4) is 0 Å². The highest BCUT2D eigenvalue weighted by Gasteiger charge is 2.14. The maximum atomic E-state index is 13.1. The van der Waals surface area contributed by atoms with Crippen LogP contribution in [-0.2, 0) is 6.54 Å². The standard InChI is InChI=1S/C23H19ClN2O3S/c24-17-10-11-19-20(14-17)25-23(26(22(19)28)15-18-8-4-12-29-18)30-13-5-9-21(27)16-6-2-1-3-7-16/h1-4,6-8,10-12,14H,5,9,13,15H2. The normalized spacial score (nSPS) is 11.1. The van der Waals surface area contributed by atoms with Gasteiger partial charge in [0.05, 0.1) is 23.7 Å². The van der Waals surface area contributed by atoms with E-state index in [4.69, 9.17) is 16.0 Å². The number of benzene rings is 2. The maximum Gasteiger partial charge on any atom is 0.262 e. The Morgan fingerprint density at radius 3 is 2.70 bits per heavy atom. The van der Waals surface area contributed by atoms with Gasteiger partial charge in [-0.3, -0.25) is 14.2 Å². The van der Waals surface area contributed by atoms with Crippen LogP contribution in [0.15, 0.2) is 81.3 Å². The summed E-state index contributed by atoms with van der Waals surface area (Å²) in [6.07, 6.45) is 2.71. The van der Waals surface area contributed by atoms with Crippen LogP contribution < -0.4 is 5.56 Å². The Bertz CT molecular complexity index is 1220. The summed E-state index contributed by atoms with van der Waals surface area (Å²) >= 11 is 7.55. The molecule has 0 spiro atoms. The lowest BCUT2D eigenvalue weighted by Gasteiger charge is -2.12. The van der Waals surface area contributed by atoms with E-state index >= 15 is 0 Å². The molecule has 0 saturated carbocycles. The third-order valence-electron chi connectivity index (χ3n) is 4.65. The van der Waals surface area contributed by atoms with Crippen LogP contribution in [0, 0.1) is 0 Å². The highest BCUT2D eigenvalue weighted by molar-refractivity contribution is 7.99. The Kier molecular flexibility index (Phi) is 6.35. The number of furan rings is 1. The fraction of sp³-hybridized carbons (Fsp3) is 0.174. The Morgan fingerprint density at radius 1 is 1.10 bits per heavy atom. The van der Waals surface area contributed by atoms with Gasteiger partial charge in [0, 0.05) is 22.8 Å². The molecule has 0 aliphatic carbocycles. The van der Waals surface area contributed by atoms with Gasteiger partial charge < -0.3 is 4.42 Å². The minimum atomic E-state index is -0.143. The molecule has 0 aliphatic heterocycles. The van der Waals surface area contributed by atoms with E-state index in [1.165, 1.54) is 11.8 Å². The maximum absolute atomic E-state index is 13.1. The molecule has 0 aliphatic rings. The minimum absolute atomic E-state index is 0.113. The highest BCUT2D eigenvalue weighted by Crippen LogP contribution is 2.22. The van der Waals surface area contributed by atoms with Crippen molar-refractivity contribution in [1.29, 1.82) is 0 Å². The zero-order chi connectivity index (χ0) is 20.9. The number of halogens is 1. The third kappa shape index (κ3) is 4.66. The molecular weight excluding hydrogens is 420 g/mol. The first-order valence-corrected chi connectivity index (χ1v) is 10.9. The predicted octanol–water partition coefficient (Wildman–Crippen LogP) is 5.45. The summed E-state index contributed by atoms with van der Waals surface area (Å²) in [4.78, 5) is 30.0. The summed E-state index contributed by atoms with van der Waals surface area (Å²) in [6.45, 7) is 0.294. The quantitative estimate of drug-likeness (QED) is 0.158. The van der Waals surface area contributed by atoms with Crippen LogP contribution in [0.2, 0.25) is 5.02 Å². The van der Waals surface area contributed by atoms with Crippen LogP contribution in [0.5, 0.6) is 0 Å². The fourth-order valence-corrected chi connectivity index (χ4v) is 4.25. The van der Waals surface area contributed by atoms with Crippen LogP contribution in [0.3, 0.4) is 0 Å². The van der Waals surface area contributed by atoms with Gasteiger partial charge in [-0.05, 0) is 36.8 Å². The van der Waals surface area contributed by atoms with Crippen LogP contribution in [-0.4, -0.2) is 21.1 Å². The molecule has 2 aromatic carbocycles. The van der Waals surface area contributed by atoms with Crippen molar-refractivity contribution >= 4 is 40.0 Å². The molecule has 0 amide bonds. The van der Waals surface area contributed by atoms with Crippen molar-refractivity contribution < 1.29 is 9.21 Å². The number of fused-ring (bicyclic) bond motifs is 1. The van der Waals surface area contributed by atoms with Crippen molar-refractivity contribution in [2.45, 2.75) is 24.5 Å². The van der Waals surface area contributed by atoms with Crippen LogP contribution in [0.1, 0.15) is 29.0 Å². The van der Waals surface area contributed by atoms with Crippen molar-refractivity contribution in [3.05, 3.63) is 93.6 Å². The molecule has 0 radical (unpaired) electrons. The molecule has 2 heterocycles. The van der Waals surface area contributed by atoms with Crippen LogP contribution in [0.25, 0.3) is 10.9 Å². The number of hydrogen-bond acceptors (Lipinski definition) is 5. The van der Waals surface area contributed by atoms with E-state index in [-0.39, 0.29) is 11.3 Å². The molecular formula is C23H19ClN2O3S. The second kappa shape index (κ2) is 9.32. The monoisotopic (exact) mass is 438 g/mol. The van der Waals surface area contributed by atoms with Gasteiger partial charge in [0.2, 0.25) is 0 Å². The van der Waals surface area contributed by atoms with Gasteiger partial charge in [-0.25, -0.2) is 4.98 Å². The molecule has 2 aromatic heterocycles. The molecule has 4 rings (SSSR count). The lowest BCUT2D eigenvalue weighted by molar-refractivity contribution is 0.0982. The molecule has 0 saturated heterocycles. The summed E-state index contributed by atoms with van der Waals surface area (Å²) in [7, 11) is 0. The van der Waals surface area contributed by atoms with Crippen LogP contribution >= 0.6 is 23.4 Å². The zero-order valence-electron chi connectivity index (χ0n) is 16.1. The number of rotatable bonds is 8. The van der Waals surface area contributed by atoms with Gasteiger partial charge in [0.15, 0.2) is 10.9 Å². The lowest BCUT2D eigenvalue weighted by Crippen LogP contribution is -2.24. The van der Waals surface area contributed by atoms with Crippen molar-refractivity contribution in [2.75, 3.05) is 5.75 Å². The Labute approximate surface area is 182 Å². The Morgan fingerprint density at radius 2 is 1.93 bits per heavy atom. The molecule has 5 nitrogen and oxygen atoms in total. The predicted molar refractivity (Wildman–Crippen MR) is 120 cm³/mol. The van der Waals surface area contributed by atoms with Gasteiger partial charge in [0.25, 0.3) is 5.56 Å². The minimum Gasteiger partial charge on any atom is -0.467 e. The molecule has 0 unspecified atom stereocenters. The topological polar surface area (TPSA) is 65.1 Å². The average molecular weight is 439 g/mol. The number of aromatic nitrogens is 2. The van der Waals surface area contributed by atoms with E-state index in [9.17, 15) is 9.59 Å². The lowest BCUT2D eigenvalue weighted by atomic mass is 10.1. The van der Waals surface area contributed by atoms with E-state index in [2.05, 4.69) is 4.98 Å². The van der Waals surface area contributed by atoms with Gasteiger partial charge in [-0.1, -0.05) is 53.7 Å². The number of carbonyl (C=O) groups is 1. The first-order valence-electron chi connectivity index (χ1n) is 9.55. The van der Waals surface area contributed by atoms with Gasteiger partial charge >= 0.3 is 0 Å². The average Bonchev–Trinajstić information content (AvgIpc) is 3.27. The smallest absolute Gasteiger partial charge is 0.262 e. The van der Waals surface area contributed by atoms with E-state index in [1.807, 2.05) is 36.4 Å². The second-order valence-electron chi connectivity index (χ2n) is 6.77. The zero-order valence-corrected chi connectivity index (χ0v) is 17.7. The van der Waals surface area contributed by atoms with E-state index < -0.39 is 0 Å². The summed E-state index contributed by atoms with van der Waals surface area (Å²) in [6, 6.07) is 17.9. The summed E-state index contributed by atoms with van der Waals surface area (Å²) in [5, 5.41) is 1.62. The molecule has 4 aromatic rings. The second-order valence-corrected chi connectivity index (χ2v) is 8.27. The van der Waals surface area contributed by atoms with Crippen molar-refractivity contribution in [2.24, 2.45) is 0 Å². The molecule has 0 N–H and O–H groups in total. The van der Waals surface area contributed by atoms with Gasteiger partial charge in [-0.15, -0.1) is 0 Å². The largest absolute Gasteiger partial charge is 0.467 e. The molecule has 0 fully saturated rings. The van der Waals surface area contributed by atoms with Gasteiger partial charge in [-0.2, -0.15) is 0 Å². The van der Waals surface area contributed by atoms with E-state index in [0.717, 1.165) is 5.56 Å². The summed E-state index contributed by atoms with van der Waals surface area (Å²) in [5.74, 6) is 1.45. The molecule has 0 atom stereocenters. The number of thioether (sulfide) groups is 1. The number of Topliss-reactive ketones (excluding diaryl/α,β-unsaturated/α-hetero) is 1. The van der Waals surface area contributed by atoms with Crippen LogP contribution in [0.4, 0.5) is 0 Å². The van der Waals surface area contributed by atoms with E-state index in [0.29, 0.717) is 52.0 Å². The van der Waals surface area contributed by atoms with Crippen molar-refractivity contribution in [3.63, 3.8) is 0 Å². The third-order valence-corrected chi connectivity index (χ3v) is 5.95. The fourth-order valence-electron chi connectivity index (χ4n) is 3.15. The molecule has 7 heteroatoms. The first kappa shape index (κ1) is 20.4. The Balaban J connectivity index is 1.54. The highest BCUT2D eigenvalue weighted by atomic mass is 35.5. The number of ketones is 1. The Hall–Kier alpha value is -2.83.